The van der Waals surface area contributed by atoms with Gasteiger partial charge >= 0.3 is 0 Å². The standard InChI is InChI=1S/C27H24FN3O6S/c1-15-20-12-21-23(13-22(20)31(38(3,34)35)14-24(32)30-15)37-26(25(21)27(33)29-2)16-4-8-18(9-5-16)36-19-10-6-17(28)7-11-19/h4-13,15H,14H2,1-3H3,(H,29,33)(H,30,32). The van der Waals surface area contributed by atoms with Gasteiger partial charge in [-0.3, -0.25) is 13.9 Å². The molecule has 196 valence electrons. The average molecular weight is 538 g/mol. The fraction of sp³-hybridized carbons (Fsp3) is 0.185. The number of nitrogens with one attached hydrogen (secondary N) is 2. The van der Waals surface area contributed by atoms with Gasteiger partial charge in [0.05, 0.1) is 23.5 Å². The van der Waals surface area contributed by atoms with E-state index >= 15 is 0 Å². The molecule has 1 aliphatic rings. The van der Waals surface area contributed by atoms with Gasteiger partial charge in [0.1, 0.15) is 35.2 Å². The van der Waals surface area contributed by atoms with Crippen LogP contribution in [0.3, 0.4) is 0 Å². The van der Waals surface area contributed by atoms with Gasteiger partial charge in [0, 0.05) is 24.1 Å². The van der Waals surface area contributed by atoms with Crippen molar-refractivity contribution in [2.45, 2.75) is 13.0 Å². The van der Waals surface area contributed by atoms with Gasteiger partial charge in [0.2, 0.25) is 15.9 Å². The lowest BCUT2D eigenvalue weighted by atomic mass is 9.99. The van der Waals surface area contributed by atoms with Gasteiger partial charge in [0.15, 0.2) is 0 Å². The van der Waals surface area contributed by atoms with Crippen molar-refractivity contribution in [1.82, 2.24) is 10.6 Å². The van der Waals surface area contributed by atoms with E-state index in [0.717, 1.165) is 10.6 Å². The quantitative estimate of drug-likeness (QED) is 0.391. The minimum absolute atomic E-state index is 0.270. The fourth-order valence-electron chi connectivity index (χ4n) is 4.45. The molecule has 2 amide bonds. The summed E-state index contributed by atoms with van der Waals surface area (Å²) in [5.41, 5.74) is 1.99. The van der Waals surface area contributed by atoms with Crippen LogP contribution in [0.4, 0.5) is 10.1 Å². The molecule has 0 aliphatic carbocycles. The van der Waals surface area contributed by atoms with E-state index in [-0.39, 0.29) is 23.7 Å². The summed E-state index contributed by atoms with van der Waals surface area (Å²) in [5, 5.41) is 5.89. The van der Waals surface area contributed by atoms with Crippen molar-refractivity contribution in [1.29, 1.82) is 0 Å². The van der Waals surface area contributed by atoms with Crippen LogP contribution in [0.2, 0.25) is 0 Å². The van der Waals surface area contributed by atoms with Gasteiger partial charge in [-0.1, -0.05) is 0 Å². The molecule has 9 nitrogen and oxygen atoms in total. The molecule has 0 bridgehead atoms. The maximum absolute atomic E-state index is 13.2. The Balaban J connectivity index is 1.62. The van der Waals surface area contributed by atoms with Crippen LogP contribution in [-0.2, 0) is 14.8 Å². The minimum atomic E-state index is -3.78. The molecular formula is C27H24FN3O6S. The second kappa shape index (κ2) is 9.49. The van der Waals surface area contributed by atoms with E-state index in [0.29, 0.717) is 39.3 Å². The van der Waals surface area contributed by atoms with Crippen LogP contribution in [0.5, 0.6) is 11.5 Å². The molecule has 4 aromatic rings. The fourth-order valence-corrected chi connectivity index (χ4v) is 5.32. The average Bonchev–Trinajstić information content (AvgIpc) is 3.19. The van der Waals surface area contributed by atoms with Crippen molar-refractivity contribution in [2.75, 3.05) is 24.2 Å². The first-order valence-corrected chi connectivity index (χ1v) is 13.5. The first-order chi connectivity index (χ1) is 18.0. The van der Waals surface area contributed by atoms with Crippen molar-refractivity contribution in [2.24, 2.45) is 0 Å². The summed E-state index contributed by atoms with van der Waals surface area (Å²) in [5.74, 6) is 0.0510. The number of rotatable bonds is 5. The number of halogens is 1. The summed E-state index contributed by atoms with van der Waals surface area (Å²) in [4.78, 5) is 25.3. The van der Waals surface area contributed by atoms with Crippen molar-refractivity contribution in [3.8, 4) is 22.8 Å². The first kappa shape index (κ1) is 25.3. The van der Waals surface area contributed by atoms with Gasteiger partial charge in [-0.15, -0.1) is 0 Å². The van der Waals surface area contributed by atoms with Crippen molar-refractivity contribution in [3.05, 3.63) is 77.6 Å². The summed E-state index contributed by atoms with van der Waals surface area (Å²) >= 11 is 0. The number of sulfonamides is 1. The molecule has 3 aromatic carbocycles. The number of amides is 2. The molecule has 0 saturated heterocycles. The van der Waals surface area contributed by atoms with E-state index in [1.807, 2.05) is 0 Å². The normalized spacial score (nSPS) is 15.5. The predicted molar refractivity (Wildman–Crippen MR) is 140 cm³/mol. The number of ether oxygens (including phenoxy) is 1. The zero-order valence-corrected chi connectivity index (χ0v) is 21.6. The van der Waals surface area contributed by atoms with E-state index in [1.54, 1.807) is 43.3 Å². The topological polar surface area (TPSA) is 118 Å². The van der Waals surface area contributed by atoms with Gasteiger partial charge in [-0.2, -0.15) is 0 Å². The SMILES string of the molecule is CNC(=O)c1c(-c2ccc(Oc3ccc(F)cc3)cc2)oc2cc3c(cc12)C(C)NC(=O)CN3S(C)(=O)=O. The molecule has 5 rings (SSSR count). The van der Waals surface area contributed by atoms with E-state index < -0.39 is 27.9 Å². The zero-order valence-electron chi connectivity index (χ0n) is 20.7. The van der Waals surface area contributed by atoms with Gasteiger partial charge in [0.25, 0.3) is 5.91 Å². The van der Waals surface area contributed by atoms with Crippen LogP contribution in [0, 0.1) is 5.82 Å². The highest BCUT2D eigenvalue weighted by molar-refractivity contribution is 7.92. The van der Waals surface area contributed by atoms with Crippen LogP contribution in [0.15, 0.2) is 65.1 Å². The van der Waals surface area contributed by atoms with Crippen molar-refractivity contribution >= 4 is 38.5 Å². The summed E-state index contributed by atoms with van der Waals surface area (Å²) in [7, 11) is -2.28. The number of carbonyl (C=O) groups is 2. The number of nitrogens with zero attached hydrogens (tertiary/aromatic N) is 1. The summed E-state index contributed by atoms with van der Waals surface area (Å²) in [6.45, 7) is 1.38. The Morgan fingerprint density at radius 1 is 1.11 bits per heavy atom. The molecule has 0 radical (unpaired) electrons. The Morgan fingerprint density at radius 3 is 2.34 bits per heavy atom. The summed E-state index contributed by atoms with van der Waals surface area (Å²) < 4.78 is 51.2. The number of benzene rings is 3. The van der Waals surface area contributed by atoms with E-state index in [4.69, 9.17) is 9.15 Å². The monoisotopic (exact) mass is 537 g/mol. The van der Waals surface area contributed by atoms with Crippen LogP contribution in [0.25, 0.3) is 22.3 Å². The molecule has 0 saturated carbocycles. The molecule has 2 heterocycles. The molecule has 38 heavy (non-hydrogen) atoms. The molecule has 1 unspecified atom stereocenters. The summed E-state index contributed by atoms with van der Waals surface area (Å²) in [6.07, 6.45) is 1.03. The van der Waals surface area contributed by atoms with Crippen molar-refractivity contribution in [3.63, 3.8) is 0 Å². The van der Waals surface area contributed by atoms with E-state index in [1.165, 1.54) is 31.3 Å². The molecule has 11 heteroatoms. The third-order valence-corrected chi connectivity index (χ3v) is 7.38. The lowest BCUT2D eigenvalue weighted by Gasteiger charge is -2.21. The molecule has 0 fully saturated rings. The molecular weight excluding hydrogens is 513 g/mol. The lowest BCUT2D eigenvalue weighted by Crippen LogP contribution is -2.37. The Labute approximate surface area is 218 Å². The Hall–Kier alpha value is -4.38. The largest absolute Gasteiger partial charge is 0.457 e. The minimum Gasteiger partial charge on any atom is -0.457 e. The van der Waals surface area contributed by atoms with Gasteiger partial charge < -0.3 is 19.8 Å². The zero-order chi connectivity index (χ0) is 27.2. The van der Waals surface area contributed by atoms with Crippen LogP contribution < -0.4 is 19.7 Å². The first-order valence-electron chi connectivity index (χ1n) is 11.7. The van der Waals surface area contributed by atoms with Gasteiger partial charge in [-0.25, -0.2) is 12.8 Å². The maximum atomic E-state index is 13.2. The highest BCUT2D eigenvalue weighted by Crippen LogP contribution is 2.40. The molecule has 1 aromatic heterocycles. The number of hydrogen-bond donors (Lipinski definition) is 2. The predicted octanol–water partition coefficient (Wildman–Crippen LogP) is 4.35. The van der Waals surface area contributed by atoms with E-state index in [9.17, 15) is 22.4 Å². The summed E-state index contributed by atoms with van der Waals surface area (Å²) in [6, 6.07) is 15.2. The van der Waals surface area contributed by atoms with Crippen LogP contribution in [-0.4, -0.2) is 40.1 Å². The Kier molecular flexibility index (Phi) is 6.31. The second-order valence-electron chi connectivity index (χ2n) is 8.93. The number of fused-ring (bicyclic) bond motifs is 2. The maximum Gasteiger partial charge on any atom is 0.255 e. The second-order valence-corrected chi connectivity index (χ2v) is 10.8. The third kappa shape index (κ3) is 4.68. The molecule has 1 aliphatic heterocycles. The molecule has 1 atom stereocenters. The molecule has 0 spiro atoms. The van der Waals surface area contributed by atoms with Gasteiger partial charge in [-0.05, 0) is 67.1 Å². The number of anilines is 1. The lowest BCUT2D eigenvalue weighted by molar-refractivity contribution is -0.120. The molecule has 2 N–H and O–H groups in total. The van der Waals surface area contributed by atoms with E-state index in [2.05, 4.69) is 10.6 Å². The Bertz CT molecular complexity index is 1660. The van der Waals surface area contributed by atoms with Crippen molar-refractivity contribution < 1.29 is 31.6 Å². The number of hydrogen-bond acceptors (Lipinski definition) is 6. The Morgan fingerprint density at radius 2 is 1.74 bits per heavy atom. The number of furan rings is 1. The highest BCUT2D eigenvalue weighted by Gasteiger charge is 2.32. The van der Waals surface area contributed by atoms with Crippen LogP contribution in [0.1, 0.15) is 28.9 Å². The van der Waals surface area contributed by atoms with Crippen LogP contribution >= 0.6 is 0 Å². The smallest absolute Gasteiger partial charge is 0.255 e. The number of carbonyl (C=O) groups excluding carboxylic acids is 2. The third-order valence-electron chi connectivity index (χ3n) is 6.26. The highest BCUT2D eigenvalue weighted by atomic mass is 32.2.